The van der Waals surface area contributed by atoms with Crippen molar-refractivity contribution >= 4 is 34.6 Å². The maximum atomic E-state index is 5.91. The van der Waals surface area contributed by atoms with Gasteiger partial charge in [-0.15, -0.1) is 0 Å². The van der Waals surface area contributed by atoms with Crippen LogP contribution in [0, 0.1) is 0 Å². The molecular formula is C19H22ClN3S. The van der Waals surface area contributed by atoms with E-state index in [0.29, 0.717) is 11.2 Å². The lowest BCUT2D eigenvalue weighted by molar-refractivity contribution is 0.246. The summed E-state index contributed by atoms with van der Waals surface area (Å²) in [6.07, 6.45) is 2.55. The Bertz CT molecular complexity index is 654. The molecule has 3 rings (SSSR count). The van der Waals surface area contributed by atoms with Crippen LogP contribution in [0.4, 0.5) is 5.69 Å². The lowest BCUT2D eigenvalue weighted by Gasteiger charge is -2.28. The zero-order valence-corrected chi connectivity index (χ0v) is 15.1. The standard InChI is InChI=1S/C19H22ClN3S/c20-16-8-10-17(11-9-16)22-19(24)21-14-18(23-12-4-5-13-23)15-6-2-1-3-7-15/h1-3,6-11,18H,4-5,12-14H2,(H2,21,22,24)/t18-/m1/s1. The molecule has 126 valence electrons. The van der Waals surface area contributed by atoms with Crippen molar-refractivity contribution in [3.63, 3.8) is 0 Å². The van der Waals surface area contributed by atoms with Crippen LogP contribution >= 0.6 is 23.8 Å². The van der Waals surface area contributed by atoms with Gasteiger partial charge in [0.2, 0.25) is 0 Å². The molecule has 24 heavy (non-hydrogen) atoms. The molecule has 0 radical (unpaired) electrons. The van der Waals surface area contributed by atoms with Gasteiger partial charge in [0.05, 0.1) is 6.04 Å². The average molecular weight is 360 g/mol. The van der Waals surface area contributed by atoms with E-state index < -0.39 is 0 Å². The molecule has 0 bridgehead atoms. The van der Waals surface area contributed by atoms with E-state index in [1.54, 1.807) is 0 Å². The first-order valence-electron chi connectivity index (χ1n) is 8.32. The molecule has 1 aliphatic rings. The highest BCUT2D eigenvalue weighted by atomic mass is 35.5. The molecule has 0 saturated carbocycles. The zero-order chi connectivity index (χ0) is 16.8. The molecule has 0 spiro atoms. The number of nitrogens with zero attached hydrogens (tertiary/aromatic N) is 1. The lowest BCUT2D eigenvalue weighted by atomic mass is 10.1. The fraction of sp³-hybridized carbons (Fsp3) is 0.316. The number of hydrogen-bond acceptors (Lipinski definition) is 2. The molecule has 0 unspecified atom stereocenters. The normalized spacial score (nSPS) is 15.9. The number of thiocarbonyl (C=S) groups is 1. The summed E-state index contributed by atoms with van der Waals surface area (Å²) in [6.45, 7) is 3.10. The molecule has 1 heterocycles. The van der Waals surface area contributed by atoms with Crippen molar-refractivity contribution < 1.29 is 0 Å². The van der Waals surface area contributed by atoms with Gasteiger partial charge in [0.25, 0.3) is 0 Å². The van der Waals surface area contributed by atoms with Crippen molar-refractivity contribution in [3.05, 3.63) is 65.2 Å². The average Bonchev–Trinajstić information content (AvgIpc) is 3.12. The van der Waals surface area contributed by atoms with Gasteiger partial charge in [0.15, 0.2) is 5.11 Å². The van der Waals surface area contributed by atoms with Crippen LogP contribution in [0.25, 0.3) is 0 Å². The highest BCUT2D eigenvalue weighted by Gasteiger charge is 2.23. The van der Waals surface area contributed by atoms with Gasteiger partial charge in [0.1, 0.15) is 0 Å². The van der Waals surface area contributed by atoms with Gasteiger partial charge in [-0.05, 0) is 68.0 Å². The van der Waals surface area contributed by atoms with Gasteiger partial charge in [-0.25, -0.2) is 0 Å². The zero-order valence-electron chi connectivity index (χ0n) is 13.5. The Labute approximate surface area is 154 Å². The highest BCUT2D eigenvalue weighted by molar-refractivity contribution is 7.80. The molecule has 1 fully saturated rings. The van der Waals surface area contributed by atoms with Gasteiger partial charge in [-0.2, -0.15) is 0 Å². The van der Waals surface area contributed by atoms with E-state index in [1.807, 2.05) is 24.3 Å². The Hall–Kier alpha value is -1.62. The van der Waals surface area contributed by atoms with E-state index in [4.69, 9.17) is 23.8 Å². The number of anilines is 1. The van der Waals surface area contributed by atoms with Crippen molar-refractivity contribution in [1.29, 1.82) is 0 Å². The molecule has 0 amide bonds. The second-order valence-electron chi connectivity index (χ2n) is 6.01. The SMILES string of the molecule is S=C(NC[C@H](c1ccccc1)N1CCCC1)Nc1ccc(Cl)cc1. The van der Waals surface area contributed by atoms with E-state index in [-0.39, 0.29) is 0 Å². The number of halogens is 1. The predicted molar refractivity (Wildman–Crippen MR) is 106 cm³/mol. The molecule has 2 aromatic rings. The van der Waals surface area contributed by atoms with Crippen LogP contribution in [0.2, 0.25) is 5.02 Å². The van der Waals surface area contributed by atoms with E-state index in [9.17, 15) is 0 Å². The molecule has 1 atom stereocenters. The van der Waals surface area contributed by atoms with Crippen LogP contribution in [-0.2, 0) is 0 Å². The third kappa shape index (κ3) is 4.69. The Morgan fingerprint density at radius 2 is 1.71 bits per heavy atom. The second kappa shape index (κ2) is 8.47. The van der Waals surface area contributed by atoms with Gasteiger partial charge in [-0.1, -0.05) is 41.9 Å². The highest BCUT2D eigenvalue weighted by Crippen LogP contribution is 2.24. The summed E-state index contributed by atoms with van der Waals surface area (Å²) in [4.78, 5) is 2.53. The Kier molecular flexibility index (Phi) is 6.07. The van der Waals surface area contributed by atoms with Gasteiger partial charge < -0.3 is 10.6 Å². The number of rotatable bonds is 5. The third-order valence-corrected chi connectivity index (χ3v) is 4.82. The smallest absolute Gasteiger partial charge is 0.170 e. The maximum absolute atomic E-state index is 5.91. The maximum Gasteiger partial charge on any atom is 0.170 e. The van der Waals surface area contributed by atoms with Crippen LogP contribution in [0.1, 0.15) is 24.4 Å². The number of hydrogen-bond donors (Lipinski definition) is 2. The van der Waals surface area contributed by atoms with Crippen molar-refractivity contribution in [2.45, 2.75) is 18.9 Å². The van der Waals surface area contributed by atoms with Crippen molar-refractivity contribution in [2.75, 3.05) is 25.0 Å². The monoisotopic (exact) mass is 359 g/mol. The lowest BCUT2D eigenvalue weighted by Crippen LogP contribution is -2.38. The molecule has 0 aliphatic carbocycles. The second-order valence-corrected chi connectivity index (χ2v) is 6.86. The molecule has 5 heteroatoms. The minimum atomic E-state index is 0.346. The molecule has 1 saturated heterocycles. The largest absolute Gasteiger partial charge is 0.361 e. The molecular weight excluding hydrogens is 338 g/mol. The van der Waals surface area contributed by atoms with Crippen LogP contribution in [0.15, 0.2) is 54.6 Å². The van der Waals surface area contributed by atoms with Crippen LogP contribution in [0.3, 0.4) is 0 Å². The molecule has 0 aromatic heterocycles. The number of likely N-dealkylation sites (tertiary alicyclic amines) is 1. The first kappa shape index (κ1) is 17.2. The summed E-state index contributed by atoms with van der Waals surface area (Å²) in [5.74, 6) is 0. The van der Waals surface area contributed by atoms with Gasteiger partial charge in [-0.3, -0.25) is 4.90 Å². The Morgan fingerprint density at radius 3 is 2.38 bits per heavy atom. The van der Waals surface area contributed by atoms with Gasteiger partial charge >= 0.3 is 0 Å². The van der Waals surface area contributed by atoms with Gasteiger partial charge in [0, 0.05) is 17.3 Å². The first-order valence-corrected chi connectivity index (χ1v) is 9.10. The van der Waals surface area contributed by atoms with Crippen molar-refractivity contribution in [2.24, 2.45) is 0 Å². The third-order valence-electron chi connectivity index (χ3n) is 4.32. The fourth-order valence-corrected chi connectivity index (χ4v) is 3.41. The molecule has 2 aromatic carbocycles. The minimum absolute atomic E-state index is 0.346. The van der Waals surface area contributed by atoms with Crippen LogP contribution < -0.4 is 10.6 Å². The summed E-state index contributed by atoms with van der Waals surface area (Å²) < 4.78 is 0. The quantitative estimate of drug-likeness (QED) is 0.770. The first-order chi connectivity index (χ1) is 11.7. The summed E-state index contributed by atoms with van der Waals surface area (Å²) in [7, 11) is 0. The minimum Gasteiger partial charge on any atom is -0.361 e. The summed E-state index contributed by atoms with van der Waals surface area (Å²) >= 11 is 11.3. The molecule has 3 nitrogen and oxygen atoms in total. The summed E-state index contributed by atoms with van der Waals surface area (Å²) in [5.41, 5.74) is 2.27. The van der Waals surface area contributed by atoms with E-state index >= 15 is 0 Å². The van der Waals surface area contributed by atoms with E-state index in [2.05, 4.69) is 45.9 Å². The predicted octanol–water partition coefficient (Wildman–Crippen LogP) is 4.46. The molecule has 1 aliphatic heterocycles. The van der Waals surface area contributed by atoms with Crippen molar-refractivity contribution in [1.82, 2.24) is 10.2 Å². The summed E-state index contributed by atoms with van der Waals surface area (Å²) in [5, 5.41) is 7.93. The number of nitrogens with one attached hydrogen (secondary N) is 2. The topological polar surface area (TPSA) is 27.3 Å². The Morgan fingerprint density at radius 1 is 1.04 bits per heavy atom. The van der Waals surface area contributed by atoms with Crippen LogP contribution in [0.5, 0.6) is 0 Å². The Balaban J connectivity index is 1.60. The van der Waals surface area contributed by atoms with Crippen molar-refractivity contribution in [3.8, 4) is 0 Å². The number of benzene rings is 2. The van der Waals surface area contributed by atoms with Crippen LogP contribution in [-0.4, -0.2) is 29.6 Å². The van der Waals surface area contributed by atoms with E-state index in [0.717, 1.165) is 30.3 Å². The summed E-state index contributed by atoms with van der Waals surface area (Å²) in [6, 6.07) is 18.5. The molecule has 2 N–H and O–H groups in total. The van der Waals surface area contributed by atoms with E-state index in [1.165, 1.54) is 18.4 Å². The fourth-order valence-electron chi connectivity index (χ4n) is 3.08.